The second-order valence-electron chi connectivity index (χ2n) is 5.48. The molecule has 7 nitrogen and oxygen atoms in total. The van der Waals surface area contributed by atoms with Crippen molar-refractivity contribution in [2.24, 2.45) is 14.1 Å². The zero-order valence-electron chi connectivity index (χ0n) is 14.0. The van der Waals surface area contributed by atoms with E-state index >= 15 is 0 Å². The molecule has 1 aromatic heterocycles. The summed E-state index contributed by atoms with van der Waals surface area (Å²) in [5, 5.41) is 2.64. The molecule has 7 heteroatoms. The molecule has 1 N–H and O–H groups in total. The van der Waals surface area contributed by atoms with Crippen LogP contribution < -0.4 is 21.3 Å². The molecule has 0 fully saturated rings. The molecule has 0 saturated heterocycles. The molecule has 2 rings (SSSR count). The van der Waals surface area contributed by atoms with Crippen molar-refractivity contribution in [3.63, 3.8) is 0 Å². The van der Waals surface area contributed by atoms with Crippen molar-refractivity contribution in [1.82, 2.24) is 9.13 Å². The van der Waals surface area contributed by atoms with E-state index in [0.717, 1.165) is 23.2 Å². The molecule has 0 aliphatic heterocycles. The number of rotatable bonds is 6. The fourth-order valence-corrected chi connectivity index (χ4v) is 2.13. The third kappa shape index (κ3) is 3.92. The average molecular weight is 331 g/mol. The highest BCUT2D eigenvalue weighted by atomic mass is 16.5. The lowest BCUT2D eigenvalue weighted by Gasteiger charge is -2.09. The van der Waals surface area contributed by atoms with Crippen LogP contribution in [0, 0.1) is 0 Å². The van der Waals surface area contributed by atoms with Gasteiger partial charge in [0.15, 0.2) is 0 Å². The molecule has 1 amide bonds. The Labute approximate surface area is 139 Å². The molecule has 0 saturated carbocycles. The Balaban J connectivity index is 2.13. The van der Waals surface area contributed by atoms with Crippen molar-refractivity contribution >= 4 is 11.6 Å². The summed E-state index contributed by atoms with van der Waals surface area (Å²) >= 11 is 0. The van der Waals surface area contributed by atoms with Crippen molar-refractivity contribution < 1.29 is 9.53 Å². The van der Waals surface area contributed by atoms with Gasteiger partial charge in [-0.25, -0.2) is 4.79 Å². The quantitative estimate of drug-likeness (QED) is 0.814. The third-order valence-electron chi connectivity index (χ3n) is 3.57. The fraction of sp³-hybridized carbons (Fsp3) is 0.353. The van der Waals surface area contributed by atoms with Gasteiger partial charge < -0.3 is 14.6 Å². The monoisotopic (exact) mass is 331 g/mol. The number of aromatic nitrogens is 2. The first-order chi connectivity index (χ1) is 11.4. The van der Waals surface area contributed by atoms with Gasteiger partial charge in [0.25, 0.3) is 11.5 Å². The van der Waals surface area contributed by atoms with Gasteiger partial charge in [-0.3, -0.25) is 14.2 Å². The number of anilines is 1. The Bertz CT molecular complexity index is 834. The van der Waals surface area contributed by atoms with Crippen LogP contribution in [-0.2, 0) is 14.1 Å². The van der Waals surface area contributed by atoms with Crippen LogP contribution >= 0.6 is 0 Å². The fourth-order valence-electron chi connectivity index (χ4n) is 2.13. The Morgan fingerprint density at radius 2 is 1.83 bits per heavy atom. The van der Waals surface area contributed by atoms with E-state index in [-0.39, 0.29) is 5.56 Å². The second-order valence-corrected chi connectivity index (χ2v) is 5.48. The number of amides is 1. The molecule has 24 heavy (non-hydrogen) atoms. The maximum atomic E-state index is 12.3. The number of carbonyl (C=O) groups excluding carboxylic acids is 1. The first-order valence-corrected chi connectivity index (χ1v) is 7.75. The minimum absolute atomic E-state index is 0.0946. The van der Waals surface area contributed by atoms with Crippen LogP contribution in [0.1, 0.15) is 30.1 Å². The molecule has 0 aliphatic rings. The summed E-state index contributed by atoms with van der Waals surface area (Å²) in [7, 11) is 2.82. The normalized spacial score (nSPS) is 10.5. The van der Waals surface area contributed by atoms with Gasteiger partial charge in [0, 0.05) is 26.0 Å². The summed E-state index contributed by atoms with van der Waals surface area (Å²) in [5.41, 5.74) is -0.665. The van der Waals surface area contributed by atoms with Gasteiger partial charge in [0.1, 0.15) is 11.3 Å². The number of benzene rings is 1. The summed E-state index contributed by atoms with van der Waals surface area (Å²) in [6.07, 6.45) is 3.28. The molecule has 0 unspecified atom stereocenters. The molecular weight excluding hydrogens is 310 g/mol. The number of hydrogen-bond donors (Lipinski definition) is 1. The minimum atomic E-state index is -0.630. The van der Waals surface area contributed by atoms with Gasteiger partial charge >= 0.3 is 5.69 Å². The Morgan fingerprint density at radius 3 is 2.46 bits per heavy atom. The van der Waals surface area contributed by atoms with Crippen molar-refractivity contribution in [2.75, 3.05) is 11.9 Å². The van der Waals surface area contributed by atoms with Gasteiger partial charge in [0.05, 0.1) is 6.61 Å². The van der Waals surface area contributed by atoms with Gasteiger partial charge in [0.2, 0.25) is 0 Å². The van der Waals surface area contributed by atoms with Crippen LogP contribution in [0.25, 0.3) is 0 Å². The molecule has 0 aliphatic carbocycles. The van der Waals surface area contributed by atoms with E-state index in [1.807, 2.05) is 0 Å². The highest BCUT2D eigenvalue weighted by Crippen LogP contribution is 2.16. The van der Waals surface area contributed by atoms with Crippen LogP contribution in [0.2, 0.25) is 0 Å². The van der Waals surface area contributed by atoms with E-state index in [9.17, 15) is 14.4 Å². The van der Waals surface area contributed by atoms with E-state index in [4.69, 9.17) is 4.74 Å². The lowest BCUT2D eigenvalue weighted by atomic mass is 10.2. The van der Waals surface area contributed by atoms with Crippen molar-refractivity contribution in [2.45, 2.75) is 19.8 Å². The first-order valence-electron chi connectivity index (χ1n) is 7.75. The van der Waals surface area contributed by atoms with Gasteiger partial charge in [-0.1, -0.05) is 13.3 Å². The maximum Gasteiger partial charge on any atom is 0.330 e. The van der Waals surface area contributed by atoms with Crippen LogP contribution in [0.4, 0.5) is 5.69 Å². The molecule has 1 aromatic carbocycles. The summed E-state index contributed by atoms with van der Waals surface area (Å²) in [5.74, 6) is 0.158. The molecular formula is C17H21N3O4. The number of nitrogens with one attached hydrogen (secondary N) is 1. The zero-order valence-corrected chi connectivity index (χ0v) is 14.0. The molecule has 128 valence electrons. The second kappa shape index (κ2) is 7.63. The lowest BCUT2D eigenvalue weighted by molar-refractivity contribution is 0.102. The van der Waals surface area contributed by atoms with Crippen LogP contribution in [0.3, 0.4) is 0 Å². The number of carbonyl (C=O) groups is 1. The first kappa shape index (κ1) is 17.5. The van der Waals surface area contributed by atoms with Gasteiger partial charge in [-0.15, -0.1) is 0 Å². The van der Waals surface area contributed by atoms with E-state index in [1.165, 1.54) is 24.9 Å². The van der Waals surface area contributed by atoms with Gasteiger partial charge in [-0.05, 0) is 30.7 Å². The molecule has 1 heterocycles. The largest absolute Gasteiger partial charge is 0.494 e. The van der Waals surface area contributed by atoms with E-state index in [1.54, 1.807) is 24.3 Å². The topological polar surface area (TPSA) is 82.3 Å². The molecule has 0 atom stereocenters. The predicted molar refractivity (Wildman–Crippen MR) is 91.7 cm³/mol. The van der Waals surface area contributed by atoms with Crippen molar-refractivity contribution in [1.29, 1.82) is 0 Å². The van der Waals surface area contributed by atoms with Crippen molar-refractivity contribution in [3.05, 3.63) is 56.9 Å². The van der Waals surface area contributed by atoms with E-state index in [2.05, 4.69) is 12.2 Å². The maximum absolute atomic E-state index is 12.3. The number of nitrogens with zero attached hydrogens (tertiary/aromatic N) is 2. The smallest absolute Gasteiger partial charge is 0.330 e. The summed E-state index contributed by atoms with van der Waals surface area (Å²) in [6, 6.07) is 6.91. The molecule has 0 spiro atoms. The Morgan fingerprint density at radius 1 is 1.17 bits per heavy atom. The average Bonchev–Trinajstić information content (AvgIpc) is 2.58. The van der Waals surface area contributed by atoms with E-state index < -0.39 is 17.2 Å². The number of aryl methyl sites for hydroxylation is 1. The van der Waals surface area contributed by atoms with Crippen LogP contribution in [-0.4, -0.2) is 21.6 Å². The Kier molecular flexibility index (Phi) is 5.57. The standard InChI is InChI=1S/C17H21N3O4/c1-4-5-10-24-13-8-6-12(7-9-13)18-15(21)14-11-19(2)17(23)20(3)16(14)22/h6-9,11H,4-5,10H2,1-3H3,(H,18,21). The highest BCUT2D eigenvalue weighted by Gasteiger charge is 2.14. The molecule has 0 radical (unpaired) electrons. The SMILES string of the molecule is CCCCOc1ccc(NC(=O)c2cn(C)c(=O)n(C)c2=O)cc1. The zero-order chi connectivity index (χ0) is 17.7. The predicted octanol–water partition coefficient (Wildman–Crippen LogP) is 1.52. The number of unbranched alkanes of at least 4 members (excludes halogenated alkanes) is 1. The molecule has 2 aromatic rings. The third-order valence-corrected chi connectivity index (χ3v) is 3.57. The van der Waals surface area contributed by atoms with Crippen molar-refractivity contribution in [3.8, 4) is 5.75 Å². The summed E-state index contributed by atoms with van der Waals surface area (Å²) in [4.78, 5) is 36.0. The van der Waals surface area contributed by atoms with Crippen LogP contribution in [0.15, 0.2) is 40.1 Å². The summed E-state index contributed by atoms with van der Waals surface area (Å²) < 4.78 is 7.65. The minimum Gasteiger partial charge on any atom is -0.494 e. The van der Waals surface area contributed by atoms with Gasteiger partial charge in [-0.2, -0.15) is 0 Å². The highest BCUT2D eigenvalue weighted by molar-refractivity contribution is 6.03. The number of hydrogen-bond acceptors (Lipinski definition) is 4. The number of ether oxygens (including phenoxy) is 1. The lowest BCUT2D eigenvalue weighted by Crippen LogP contribution is -2.40. The van der Waals surface area contributed by atoms with E-state index in [0.29, 0.717) is 12.3 Å². The molecule has 0 bridgehead atoms. The van der Waals surface area contributed by atoms with Crippen LogP contribution in [0.5, 0.6) is 5.75 Å². The summed E-state index contributed by atoms with van der Waals surface area (Å²) in [6.45, 7) is 2.74. The Hall–Kier alpha value is -2.83.